The van der Waals surface area contributed by atoms with Crippen LogP contribution < -0.4 is 0 Å². The van der Waals surface area contributed by atoms with E-state index in [1.54, 1.807) is 0 Å². The van der Waals surface area contributed by atoms with Gasteiger partial charge in [0.25, 0.3) is 0 Å². The van der Waals surface area contributed by atoms with E-state index < -0.39 is 0 Å². The fourth-order valence-electron chi connectivity index (χ4n) is 3.02. The highest BCUT2D eigenvalue weighted by atomic mass is 16.5. The van der Waals surface area contributed by atoms with Gasteiger partial charge in [0.05, 0.1) is 12.7 Å². The predicted molar refractivity (Wildman–Crippen MR) is 63.2 cm³/mol. The molecular weight excluding hydrogens is 200 g/mol. The molecule has 2 atom stereocenters. The monoisotopic (exact) mass is 218 g/mol. The van der Waals surface area contributed by atoms with Gasteiger partial charge >= 0.3 is 0 Å². The molecule has 0 amide bonds. The first-order chi connectivity index (χ1) is 7.84. The van der Waals surface area contributed by atoms with E-state index in [0.717, 1.165) is 13.0 Å². The Hall–Kier alpha value is -1.02. The number of aliphatic hydroxyl groups is 1. The van der Waals surface area contributed by atoms with Gasteiger partial charge in [-0.05, 0) is 49.0 Å². The lowest BCUT2D eigenvalue weighted by Crippen LogP contribution is -2.31. The summed E-state index contributed by atoms with van der Waals surface area (Å²) in [5, 5.41) is 9.54. The van der Waals surface area contributed by atoms with Crippen LogP contribution in [0.15, 0.2) is 35.1 Å². The fourth-order valence-corrected chi connectivity index (χ4v) is 3.02. The van der Waals surface area contributed by atoms with E-state index in [4.69, 9.17) is 4.74 Å². The molecule has 2 nitrogen and oxygen atoms in total. The van der Waals surface area contributed by atoms with Crippen molar-refractivity contribution in [3.05, 3.63) is 35.1 Å². The minimum absolute atomic E-state index is 0.366. The number of aliphatic hydroxyl groups excluding tert-OH is 1. The molecule has 3 rings (SSSR count). The molecule has 2 aliphatic carbocycles. The summed E-state index contributed by atoms with van der Waals surface area (Å²) in [5.74, 6) is 0.861. The van der Waals surface area contributed by atoms with Crippen molar-refractivity contribution >= 4 is 0 Å². The van der Waals surface area contributed by atoms with Crippen molar-refractivity contribution in [2.45, 2.75) is 38.2 Å². The Kier molecular flexibility index (Phi) is 2.60. The first kappa shape index (κ1) is 10.2. The third kappa shape index (κ3) is 1.71. The number of hydrogen-bond donors (Lipinski definition) is 1. The molecule has 1 aliphatic heterocycles. The normalized spacial score (nSPS) is 33.9. The second-order valence-electron chi connectivity index (χ2n) is 4.94. The lowest BCUT2D eigenvalue weighted by Gasteiger charge is -2.35. The van der Waals surface area contributed by atoms with Gasteiger partial charge in [-0.1, -0.05) is 12.5 Å². The fraction of sp³-hybridized carbons (Fsp3) is 0.571. The average molecular weight is 218 g/mol. The van der Waals surface area contributed by atoms with Crippen LogP contribution in [0.5, 0.6) is 0 Å². The van der Waals surface area contributed by atoms with Crippen molar-refractivity contribution in [1.82, 2.24) is 0 Å². The van der Waals surface area contributed by atoms with Crippen LogP contribution in [0.4, 0.5) is 0 Å². The van der Waals surface area contributed by atoms with Crippen LogP contribution in [0.1, 0.15) is 32.1 Å². The first-order valence-corrected chi connectivity index (χ1v) is 6.26. The largest absolute Gasteiger partial charge is 0.508 e. The van der Waals surface area contributed by atoms with Gasteiger partial charge in [-0.3, -0.25) is 0 Å². The third-order valence-electron chi connectivity index (χ3n) is 3.91. The molecule has 0 spiro atoms. The van der Waals surface area contributed by atoms with Crippen molar-refractivity contribution in [3.8, 4) is 0 Å². The quantitative estimate of drug-likeness (QED) is 0.676. The van der Waals surface area contributed by atoms with Crippen LogP contribution in [0.25, 0.3) is 0 Å². The Morgan fingerprint density at radius 1 is 1.25 bits per heavy atom. The number of ether oxygens (including phenoxy) is 1. The van der Waals surface area contributed by atoms with E-state index in [9.17, 15) is 5.11 Å². The minimum Gasteiger partial charge on any atom is -0.508 e. The standard InChI is InChI=1S/C14H18O2/c15-11-6-5-10-9-16-14-4-2-1-3-13(14)12(10)8-7-11/h6-8,10,14-15H,1-5,9H2. The summed E-state index contributed by atoms with van der Waals surface area (Å²) in [7, 11) is 0. The number of fused-ring (bicyclic) bond motifs is 2. The Labute approximate surface area is 96.3 Å². The highest BCUT2D eigenvalue weighted by Crippen LogP contribution is 2.38. The average Bonchev–Trinajstić information content (AvgIpc) is 2.52. The van der Waals surface area contributed by atoms with Crippen LogP contribution in [-0.4, -0.2) is 17.8 Å². The molecule has 2 unspecified atom stereocenters. The third-order valence-corrected chi connectivity index (χ3v) is 3.91. The second-order valence-corrected chi connectivity index (χ2v) is 4.94. The highest BCUT2D eigenvalue weighted by Gasteiger charge is 2.30. The zero-order chi connectivity index (χ0) is 11.0. The molecule has 16 heavy (non-hydrogen) atoms. The molecular formula is C14H18O2. The zero-order valence-corrected chi connectivity index (χ0v) is 9.48. The van der Waals surface area contributed by atoms with E-state index in [1.165, 1.54) is 36.8 Å². The summed E-state index contributed by atoms with van der Waals surface area (Å²) in [4.78, 5) is 0. The molecule has 0 aromatic carbocycles. The molecule has 0 radical (unpaired) electrons. The zero-order valence-electron chi connectivity index (χ0n) is 9.48. The maximum absolute atomic E-state index is 9.54. The molecule has 0 bridgehead atoms. The van der Waals surface area contributed by atoms with E-state index in [0.29, 0.717) is 17.8 Å². The lowest BCUT2D eigenvalue weighted by atomic mass is 9.81. The Balaban J connectivity index is 1.97. The summed E-state index contributed by atoms with van der Waals surface area (Å²) in [6.45, 7) is 0.817. The maximum Gasteiger partial charge on any atom is 0.111 e. The summed E-state index contributed by atoms with van der Waals surface area (Å²) in [6.07, 6.45) is 12.1. The van der Waals surface area contributed by atoms with Gasteiger partial charge in [0.15, 0.2) is 0 Å². The predicted octanol–water partition coefficient (Wildman–Crippen LogP) is 3.27. The maximum atomic E-state index is 9.54. The molecule has 0 aromatic heterocycles. The number of hydrogen-bond acceptors (Lipinski definition) is 2. The summed E-state index contributed by atoms with van der Waals surface area (Å²) in [6, 6.07) is 0. The molecule has 0 saturated heterocycles. The molecule has 3 aliphatic rings. The van der Waals surface area contributed by atoms with Gasteiger partial charge in [0.2, 0.25) is 0 Å². The molecule has 2 heteroatoms. The van der Waals surface area contributed by atoms with Gasteiger partial charge in [-0.2, -0.15) is 0 Å². The van der Waals surface area contributed by atoms with Crippen molar-refractivity contribution < 1.29 is 9.84 Å². The van der Waals surface area contributed by atoms with Crippen LogP contribution in [0, 0.1) is 5.92 Å². The van der Waals surface area contributed by atoms with Crippen LogP contribution in [0.2, 0.25) is 0 Å². The minimum atomic E-state index is 0.366. The number of rotatable bonds is 0. The Morgan fingerprint density at radius 3 is 3.12 bits per heavy atom. The highest BCUT2D eigenvalue weighted by molar-refractivity contribution is 5.38. The van der Waals surface area contributed by atoms with E-state index in [-0.39, 0.29) is 0 Å². The van der Waals surface area contributed by atoms with Crippen LogP contribution in [0.3, 0.4) is 0 Å². The molecule has 0 aromatic rings. The summed E-state index contributed by atoms with van der Waals surface area (Å²) >= 11 is 0. The van der Waals surface area contributed by atoms with Crippen LogP contribution >= 0.6 is 0 Å². The molecule has 1 N–H and O–H groups in total. The van der Waals surface area contributed by atoms with Gasteiger partial charge in [0, 0.05) is 5.92 Å². The van der Waals surface area contributed by atoms with Gasteiger partial charge in [-0.25, -0.2) is 0 Å². The van der Waals surface area contributed by atoms with Crippen molar-refractivity contribution in [1.29, 1.82) is 0 Å². The van der Waals surface area contributed by atoms with E-state index in [1.807, 2.05) is 12.2 Å². The van der Waals surface area contributed by atoms with Crippen molar-refractivity contribution in [2.75, 3.05) is 6.61 Å². The molecule has 86 valence electrons. The SMILES string of the molecule is OC1=CCC2COC3CCCCC3=C2C=C1. The van der Waals surface area contributed by atoms with E-state index in [2.05, 4.69) is 6.08 Å². The number of allylic oxidation sites excluding steroid dienone is 3. The summed E-state index contributed by atoms with van der Waals surface area (Å²) < 4.78 is 5.94. The van der Waals surface area contributed by atoms with E-state index >= 15 is 0 Å². The van der Waals surface area contributed by atoms with Crippen LogP contribution in [-0.2, 0) is 4.74 Å². The molecule has 1 fully saturated rings. The smallest absolute Gasteiger partial charge is 0.111 e. The second kappa shape index (κ2) is 4.10. The molecule has 1 heterocycles. The summed E-state index contributed by atoms with van der Waals surface area (Å²) in [5.41, 5.74) is 2.94. The van der Waals surface area contributed by atoms with Crippen molar-refractivity contribution in [3.63, 3.8) is 0 Å². The van der Waals surface area contributed by atoms with Gasteiger partial charge in [-0.15, -0.1) is 0 Å². The first-order valence-electron chi connectivity index (χ1n) is 6.26. The van der Waals surface area contributed by atoms with Crippen molar-refractivity contribution in [2.24, 2.45) is 5.92 Å². The topological polar surface area (TPSA) is 29.5 Å². The Bertz CT molecular complexity index is 376. The lowest BCUT2D eigenvalue weighted by molar-refractivity contribution is 0.0286. The van der Waals surface area contributed by atoms with Gasteiger partial charge in [0.1, 0.15) is 5.76 Å². The van der Waals surface area contributed by atoms with Gasteiger partial charge < -0.3 is 9.84 Å². The Morgan fingerprint density at radius 2 is 2.19 bits per heavy atom. The molecule has 1 saturated carbocycles.